The van der Waals surface area contributed by atoms with Gasteiger partial charge in [0.2, 0.25) is 0 Å². The van der Waals surface area contributed by atoms with Crippen LogP contribution >= 0.6 is 0 Å². The highest BCUT2D eigenvalue weighted by atomic mass is 16.1. The van der Waals surface area contributed by atoms with Crippen molar-refractivity contribution in [1.29, 1.82) is 10.5 Å². The van der Waals surface area contributed by atoms with Crippen LogP contribution in [0, 0.1) is 22.7 Å². The van der Waals surface area contributed by atoms with E-state index in [1.165, 1.54) is 0 Å². The van der Waals surface area contributed by atoms with Gasteiger partial charge in [0.05, 0.1) is 23.3 Å². The predicted molar refractivity (Wildman–Crippen MR) is 73.1 cm³/mol. The number of hydrogen-bond acceptors (Lipinski definition) is 4. The zero-order chi connectivity index (χ0) is 14.8. The van der Waals surface area contributed by atoms with Crippen molar-refractivity contribution in [2.75, 3.05) is 0 Å². The van der Waals surface area contributed by atoms with Crippen LogP contribution in [0.15, 0.2) is 48.5 Å². The third kappa shape index (κ3) is 4.56. The Morgan fingerprint density at radius 2 is 1.15 bits per heavy atom. The minimum atomic E-state index is 0.518. The summed E-state index contributed by atoms with van der Waals surface area (Å²) < 4.78 is 0. The second-order valence-electron chi connectivity index (χ2n) is 3.71. The summed E-state index contributed by atoms with van der Waals surface area (Å²) in [7, 11) is 0. The molecule has 0 aliphatic heterocycles. The maximum Gasteiger partial charge on any atom is 0.150 e. The molecular formula is C16H10N2O2. The summed E-state index contributed by atoms with van der Waals surface area (Å²) >= 11 is 0. The Bertz CT molecular complexity index is 633. The lowest BCUT2D eigenvalue weighted by molar-refractivity contribution is 0.111. The molecule has 0 fully saturated rings. The van der Waals surface area contributed by atoms with E-state index in [1.807, 2.05) is 12.1 Å². The first kappa shape index (κ1) is 14.8. The maximum atomic E-state index is 10.2. The lowest BCUT2D eigenvalue weighted by atomic mass is 10.2. The van der Waals surface area contributed by atoms with Crippen molar-refractivity contribution in [2.24, 2.45) is 0 Å². The van der Waals surface area contributed by atoms with Crippen molar-refractivity contribution in [2.45, 2.75) is 0 Å². The van der Waals surface area contributed by atoms with Crippen LogP contribution in [0.1, 0.15) is 31.8 Å². The average Bonchev–Trinajstić information content (AvgIpc) is 2.55. The van der Waals surface area contributed by atoms with Crippen LogP contribution in [0.5, 0.6) is 0 Å². The molecule has 0 saturated heterocycles. The topological polar surface area (TPSA) is 81.7 Å². The first-order valence-electron chi connectivity index (χ1n) is 5.64. The molecule has 2 rings (SSSR count). The van der Waals surface area contributed by atoms with Gasteiger partial charge in [0.25, 0.3) is 0 Å². The number of carbonyl (C=O) groups excluding carboxylic acids is 2. The lowest BCUT2D eigenvalue weighted by Crippen LogP contribution is -1.79. The molecule has 0 aliphatic rings. The second kappa shape index (κ2) is 7.97. The monoisotopic (exact) mass is 262 g/mol. The lowest BCUT2D eigenvalue weighted by Gasteiger charge is -1.87. The van der Waals surface area contributed by atoms with Gasteiger partial charge in [-0.25, -0.2) is 0 Å². The van der Waals surface area contributed by atoms with Gasteiger partial charge in [-0.15, -0.1) is 0 Å². The van der Waals surface area contributed by atoms with Gasteiger partial charge in [-0.3, -0.25) is 9.59 Å². The van der Waals surface area contributed by atoms with Crippen molar-refractivity contribution in [3.63, 3.8) is 0 Å². The van der Waals surface area contributed by atoms with Crippen molar-refractivity contribution in [3.05, 3.63) is 70.8 Å². The highest BCUT2D eigenvalue weighted by molar-refractivity contribution is 5.75. The third-order valence-corrected chi connectivity index (χ3v) is 2.30. The predicted octanol–water partition coefficient (Wildman–Crippen LogP) is 2.74. The summed E-state index contributed by atoms with van der Waals surface area (Å²) in [6, 6.07) is 17.0. The molecule has 0 atom stereocenters. The summed E-state index contributed by atoms with van der Waals surface area (Å²) in [6.45, 7) is 0. The molecule has 20 heavy (non-hydrogen) atoms. The van der Waals surface area contributed by atoms with Gasteiger partial charge in [-0.1, -0.05) is 24.3 Å². The van der Waals surface area contributed by atoms with E-state index in [0.717, 1.165) is 12.6 Å². The van der Waals surface area contributed by atoms with Gasteiger partial charge in [0.15, 0.2) is 0 Å². The number of nitriles is 2. The molecule has 0 aromatic heterocycles. The normalized spacial score (nSPS) is 8.30. The average molecular weight is 262 g/mol. The van der Waals surface area contributed by atoms with Gasteiger partial charge in [-0.2, -0.15) is 10.5 Å². The SMILES string of the molecule is N#Cc1cccc(C=O)c1.N#Cc1cccc(C=O)c1. The van der Waals surface area contributed by atoms with Gasteiger partial charge < -0.3 is 0 Å². The first-order valence-corrected chi connectivity index (χ1v) is 5.64. The van der Waals surface area contributed by atoms with E-state index in [1.54, 1.807) is 48.5 Å². The molecule has 0 saturated carbocycles. The number of hydrogen-bond donors (Lipinski definition) is 0. The van der Waals surface area contributed by atoms with Gasteiger partial charge in [0, 0.05) is 11.1 Å². The van der Waals surface area contributed by atoms with Crippen molar-refractivity contribution >= 4 is 12.6 Å². The number of benzene rings is 2. The zero-order valence-electron chi connectivity index (χ0n) is 10.5. The Kier molecular flexibility index (Phi) is 5.90. The Morgan fingerprint density at radius 3 is 1.45 bits per heavy atom. The van der Waals surface area contributed by atoms with E-state index in [-0.39, 0.29) is 0 Å². The molecule has 96 valence electrons. The van der Waals surface area contributed by atoms with E-state index in [2.05, 4.69) is 0 Å². The number of aldehydes is 2. The summed E-state index contributed by atoms with van der Waals surface area (Å²) in [4.78, 5) is 20.3. The van der Waals surface area contributed by atoms with Crippen molar-refractivity contribution in [3.8, 4) is 12.1 Å². The minimum Gasteiger partial charge on any atom is -0.298 e. The molecule has 0 heterocycles. The molecule has 0 aliphatic carbocycles. The van der Waals surface area contributed by atoms with E-state index < -0.39 is 0 Å². The molecule has 0 bridgehead atoms. The molecule has 4 heteroatoms. The van der Waals surface area contributed by atoms with Crippen LogP contribution < -0.4 is 0 Å². The fraction of sp³-hybridized carbons (Fsp3) is 0. The molecular weight excluding hydrogens is 252 g/mol. The van der Waals surface area contributed by atoms with E-state index in [0.29, 0.717) is 22.3 Å². The van der Waals surface area contributed by atoms with Gasteiger partial charge in [-0.05, 0) is 24.3 Å². The molecule has 0 N–H and O–H groups in total. The standard InChI is InChI=1S/2C8H5NO/c2*9-5-7-2-1-3-8(4-7)6-10/h2*1-4,6H. The molecule has 2 aromatic rings. The van der Waals surface area contributed by atoms with E-state index in [4.69, 9.17) is 10.5 Å². The fourth-order valence-electron chi connectivity index (χ4n) is 1.36. The molecule has 0 radical (unpaired) electrons. The Morgan fingerprint density at radius 1 is 0.750 bits per heavy atom. The summed E-state index contributed by atoms with van der Waals surface area (Å²) in [6.07, 6.45) is 1.45. The fourth-order valence-corrected chi connectivity index (χ4v) is 1.36. The maximum absolute atomic E-state index is 10.2. The Hall–Kier alpha value is -3.24. The summed E-state index contributed by atoms with van der Waals surface area (Å²) in [5.74, 6) is 0. The van der Waals surface area contributed by atoms with Crippen molar-refractivity contribution < 1.29 is 9.59 Å². The number of nitrogens with zero attached hydrogens (tertiary/aromatic N) is 2. The van der Waals surface area contributed by atoms with Crippen LogP contribution in [0.2, 0.25) is 0 Å². The first-order chi connectivity index (χ1) is 9.73. The van der Waals surface area contributed by atoms with Crippen LogP contribution in [0.25, 0.3) is 0 Å². The van der Waals surface area contributed by atoms with Crippen LogP contribution in [0.3, 0.4) is 0 Å². The summed E-state index contributed by atoms with van der Waals surface area (Å²) in [5.41, 5.74) is 2.12. The second-order valence-corrected chi connectivity index (χ2v) is 3.71. The molecule has 0 spiro atoms. The summed E-state index contributed by atoms with van der Waals surface area (Å²) in [5, 5.41) is 16.8. The Balaban J connectivity index is 0.000000200. The van der Waals surface area contributed by atoms with E-state index in [9.17, 15) is 9.59 Å². The largest absolute Gasteiger partial charge is 0.298 e. The quantitative estimate of drug-likeness (QED) is 0.779. The Labute approximate surface area is 116 Å². The van der Waals surface area contributed by atoms with Gasteiger partial charge >= 0.3 is 0 Å². The smallest absolute Gasteiger partial charge is 0.150 e. The molecule has 4 nitrogen and oxygen atoms in total. The minimum absolute atomic E-state index is 0.518. The third-order valence-electron chi connectivity index (χ3n) is 2.30. The van der Waals surface area contributed by atoms with Crippen LogP contribution in [-0.4, -0.2) is 12.6 Å². The number of carbonyl (C=O) groups is 2. The van der Waals surface area contributed by atoms with Crippen LogP contribution in [-0.2, 0) is 0 Å². The van der Waals surface area contributed by atoms with Crippen LogP contribution in [0.4, 0.5) is 0 Å². The zero-order valence-corrected chi connectivity index (χ0v) is 10.5. The highest BCUT2D eigenvalue weighted by Gasteiger charge is 1.91. The number of rotatable bonds is 2. The molecule has 0 unspecified atom stereocenters. The molecule has 0 amide bonds. The van der Waals surface area contributed by atoms with E-state index >= 15 is 0 Å². The van der Waals surface area contributed by atoms with Crippen molar-refractivity contribution in [1.82, 2.24) is 0 Å². The highest BCUT2D eigenvalue weighted by Crippen LogP contribution is 2.00. The molecule has 2 aromatic carbocycles. The van der Waals surface area contributed by atoms with Gasteiger partial charge in [0.1, 0.15) is 12.6 Å².